The van der Waals surface area contributed by atoms with Gasteiger partial charge in [-0.2, -0.15) is 0 Å². The van der Waals surface area contributed by atoms with E-state index < -0.39 is 0 Å². The number of carbonyl (C=O) groups is 1. The van der Waals surface area contributed by atoms with Crippen molar-refractivity contribution in [3.8, 4) is 11.8 Å². The van der Waals surface area contributed by atoms with E-state index in [-0.39, 0.29) is 12.5 Å². The van der Waals surface area contributed by atoms with Gasteiger partial charge >= 0.3 is 0 Å². The zero-order valence-electron chi connectivity index (χ0n) is 12.0. The molecule has 112 valence electrons. The summed E-state index contributed by atoms with van der Waals surface area (Å²) >= 11 is 6.12. The summed E-state index contributed by atoms with van der Waals surface area (Å²) in [6, 6.07) is 5.12. The molecule has 0 radical (unpaired) electrons. The Morgan fingerprint density at radius 3 is 2.86 bits per heavy atom. The van der Waals surface area contributed by atoms with Crippen molar-refractivity contribution in [2.75, 3.05) is 13.2 Å². The number of amides is 1. The van der Waals surface area contributed by atoms with Crippen molar-refractivity contribution in [3.05, 3.63) is 34.3 Å². The van der Waals surface area contributed by atoms with E-state index >= 15 is 0 Å². The number of benzene rings is 1. The SMILES string of the molecule is O=C(NCCC1CCC1)c1ccc(C#CCCO)c(Cl)c1. The molecule has 3 nitrogen and oxygen atoms in total. The summed E-state index contributed by atoms with van der Waals surface area (Å²) in [6.07, 6.45) is 5.39. The molecular formula is C17H20ClNO2. The smallest absolute Gasteiger partial charge is 0.251 e. The highest BCUT2D eigenvalue weighted by Crippen LogP contribution is 2.28. The molecule has 0 heterocycles. The molecule has 0 unspecified atom stereocenters. The Bertz CT molecular complexity index is 556. The molecule has 1 amide bonds. The lowest BCUT2D eigenvalue weighted by Crippen LogP contribution is -2.27. The first-order valence-electron chi connectivity index (χ1n) is 7.38. The highest BCUT2D eigenvalue weighted by atomic mass is 35.5. The van der Waals surface area contributed by atoms with Crippen LogP contribution >= 0.6 is 11.6 Å². The summed E-state index contributed by atoms with van der Waals surface area (Å²) in [7, 11) is 0. The molecule has 21 heavy (non-hydrogen) atoms. The Kier molecular flexibility index (Phi) is 6.10. The van der Waals surface area contributed by atoms with Gasteiger partial charge in [0.25, 0.3) is 5.91 Å². The number of aliphatic hydroxyl groups is 1. The molecule has 2 rings (SSSR count). The van der Waals surface area contributed by atoms with Crippen LogP contribution < -0.4 is 5.32 Å². The van der Waals surface area contributed by atoms with Gasteiger partial charge in [-0.05, 0) is 30.5 Å². The molecular weight excluding hydrogens is 286 g/mol. The molecule has 4 heteroatoms. The van der Waals surface area contributed by atoms with Crippen LogP contribution in [-0.2, 0) is 0 Å². The van der Waals surface area contributed by atoms with Gasteiger partial charge in [0.15, 0.2) is 0 Å². The van der Waals surface area contributed by atoms with Gasteiger partial charge in [0.1, 0.15) is 0 Å². The fourth-order valence-electron chi connectivity index (χ4n) is 2.24. The Morgan fingerprint density at radius 2 is 2.24 bits per heavy atom. The third-order valence-corrected chi connectivity index (χ3v) is 4.07. The Hall–Kier alpha value is -1.50. The van der Waals surface area contributed by atoms with Gasteiger partial charge in [-0.1, -0.05) is 42.7 Å². The normalized spacial score (nSPS) is 14.0. The lowest BCUT2D eigenvalue weighted by atomic mass is 9.83. The molecule has 1 aliphatic carbocycles. The topological polar surface area (TPSA) is 49.3 Å². The summed E-state index contributed by atoms with van der Waals surface area (Å²) in [5, 5.41) is 12.1. The molecule has 1 aromatic rings. The second-order valence-electron chi connectivity index (χ2n) is 5.31. The molecule has 0 bridgehead atoms. The molecule has 0 aliphatic heterocycles. The molecule has 0 spiro atoms. The number of aliphatic hydroxyl groups excluding tert-OH is 1. The van der Waals surface area contributed by atoms with E-state index in [1.807, 2.05) is 0 Å². The lowest BCUT2D eigenvalue weighted by molar-refractivity contribution is 0.0949. The lowest BCUT2D eigenvalue weighted by Gasteiger charge is -2.25. The van der Waals surface area contributed by atoms with Gasteiger partial charge in [-0.3, -0.25) is 4.79 Å². The average Bonchev–Trinajstić information content (AvgIpc) is 2.43. The van der Waals surface area contributed by atoms with Crippen LogP contribution in [0.1, 0.15) is 48.0 Å². The van der Waals surface area contributed by atoms with Gasteiger partial charge in [0.05, 0.1) is 11.6 Å². The summed E-state index contributed by atoms with van der Waals surface area (Å²) in [5.74, 6) is 6.39. The largest absolute Gasteiger partial charge is 0.395 e. The van der Waals surface area contributed by atoms with Gasteiger partial charge in [-0.15, -0.1) is 0 Å². The molecule has 0 aromatic heterocycles. The quantitative estimate of drug-likeness (QED) is 0.822. The summed E-state index contributed by atoms with van der Waals surface area (Å²) < 4.78 is 0. The highest BCUT2D eigenvalue weighted by Gasteiger charge is 2.17. The van der Waals surface area contributed by atoms with Crippen molar-refractivity contribution in [2.24, 2.45) is 5.92 Å². The van der Waals surface area contributed by atoms with Crippen LogP contribution in [0.15, 0.2) is 18.2 Å². The third-order valence-electron chi connectivity index (χ3n) is 3.75. The van der Waals surface area contributed by atoms with Gasteiger partial charge in [0.2, 0.25) is 0 Å². The van der Waals surface area contributed by atoms with Crippen LogP contribution in [0.25, 0.3) is 0 Å². The van der Waals surface area contributed by atoms with Gasteiger partial charge < -0.3 is 10.4 Å². The number of carbonyl (C=O) groups excluding carboxylic acids is 1. The van der Waals surface area contributed by atoms with E-state index in [4.69, 9.17) is 16.7 Å². The van der Waals surface area contributed by atoms with E-state index in [1.54, 1.807) is 18.2 Å². The van der Waals surface area contributed by atoms with E-state index in [0.29, 0.717) is 22.6 Å². The summed E-state index contributed by atoms with van der Waals surface area (Å²) in [4.78, 5) is 12.0. The maximum Gasteiger partial charge on any atom is 0.251 e. The Balaban J connectivity index is 1.89. The second kappa shape index (κ2) is 8.07. The minimum atomic E-state index is -0.0916. The number of nitrogens with one attached hydrogen (secondary N) is 1. The van der Waals surface area contributed by atoms with Crippen molar-refractivity contribution >= 4 is 17.5 Å². The predicted octanol–water partition coefficient (Wildman–Crippen LogP) is 2.99. The third kappa shape index (κ3) is 4.77. The minimum absolute atomic E-state index is 0.0338. The monoisotopic (exact) mass is 305 g/mol. The number of hydrogen-bond donors (Lipinski definition) is 2. The van der Waals surface area contributed by atoms with Crippen molar-refractivity contribution < 1.29 is 9.90 Å². The average molecular weight is 306 g/mol. The van der Waals surface area contributed by atoms with Crippen LogP contribution in [0.3, 0.4) is 0 Å². The van der Waals surface area contributed by atoms with E-state index in [1.165, 1.54) is 19.3 Å². The van der Waals surface area contributed by atoms with E-state index in [2.05, 4.69) is 17.2 Å². The molecule has 1 fully saturated rings. The highest BCUT2D eigenvalue weighted by molar-refractivity contribution is 6.32. The maximum atomic E-state index is 12.0. The fourth-order valence-corrected chi connectivity index (χ4v) is 2.47. The van der Waals surface area contributed by atoms with Crippen LogP contribution in [-0.4, -0.2) is 24.2 Å². The van der Waals surface area contributed by atoms with Gasteiger partial charge in [0, 0.05) is 24.1 Å². The van der Waals surface area contributed by atoms with Crippen LogP contribution in [0.5, 0.6) is 0 Å². The van der Waals surface area contributed by atoms with Gasteiger partial charge in [-0.25, -0.2) is 0 Å². The number of halogens is 1. The maximum absolute atomic E-state index is 12.0. The second-order valence-corrected chi connectivity index (χ2v) is 5.72. The summed E-state index contributed by atoms with van der Waals surface area (Å²) in [6.45, 7) is 0.755. The van der Waals surface area contributed by atoms with Crippen molar-refractivity contribution in [2.45, 2.75) is 32.1 Å². The van der Waals surface area contributed by atoms with E-state index in [0.717, 1.165) is 18.9 Å². The molecule has 0 atom stereocenters. The molecule has 0 saturated heterocycles. The first kappa shape index (κ1) is 15.9. The molecule has 1 aliphatic rings. The zero-order valence-corrected chi connectivity index (χ0v) is 12.7. The fraction of sp³-hybridized carbons (Fsp3) is 0.471. The van der Waals surface area contributed by atoms with Crippen molar-refractivity contribution in [1.82, 2.24) is 5.32 Å². The predicted molar refractivity (Wildman–Crippen MR) is 84.3 cm³/mol. The molecule has 2 N–H and O–H groups in total. The van der Waals surface area contributed by atoms with Crippen LogP contribution in [0, 0.1) is 17.8 Å². The van der Waals surface area contributed by atoms with Crippen molar-refractivity contribution in [3.63, 3.8) is 0 Å². The Labute approximate surface area is 130 Å². The van der Waals surface area contributed by atoms with Crippen molar-refractivity contribution in [1.29, 1.82) is 0 Å². The minimum Gasteiger partial charge on any atom is -0.395 e. The molecule has 1 aromatic carbocycles. The zero-order chi connectivity index (χ0) is 15.1. The summed E-state index contributed by atoms with van der Waals surface area (Å²) in [5.41, 5.74) is 1.23. The van der Waals surface area contributed by atoms with E-state index in [9.17, 15) is 4.79 Å². The van der Waals surface area contributed by atoms with Crippen LogP contribution in [0.2, 0.25) is 5.02 Å². The number of rotatable bonds is 5. The molecule has 1 saturated carbocycles. The first-order valence-corrected chi connectivity index (χ1v) is 7.76. The first-order chi connectivity index (χ1) is 10.2. The number of hydrogen-bond acceptors (Lipinski definition) is 2. The Morgan fingerprint density at radius 1 is 1.43 bits per heavy atom. The van der Waals surface area contributed by atoms with Crippen LogP contribution in [0.4, 0.5) is 0 Å². The standard InChI is InChI=1S/C17H20ClNO2/c18-16-12-15(8-7-14(16)6-1-2-11-20)17(21)19-10-9-13-4-3-5-13/h7-8,12-13,20H,2-5,9-11H2,(H,19,21).